The molecular weight excluding hydrogens is 434 g/mol. The average Bonchev–Trinajstić information content (AvgIpc) is 3.05. The normalized spacial score (nSPS) is 16.1. The van der Waals surface area contributed by atoms with E-state index in [2.05, 4.69) is 21.2 Å². The van der Waals surface area contributed by atoms with Crippen LogP contribution in [0.5, 0.6) is 0 Å². The molecule has 0 saturated carbocycles. The minimum atomic E-state index is -0.448. The Bertz CT molecular complexity index is 943. The third-order valence-electron chi connectivity index (χ3n) is 5.04. The van der Waals surface area contributed by atoms with E-state index >= 15 is 0 Å². The Hall–Kier alpha value is -2.67. The van der Waals surface area contributed by atoms with E-state index < -0.39 is 5.92 Å². The van der Waals surface area contributed by atoms with Gasteiger partial charge < -0.3 is 15.1 Å². The van der Waals surface area contributed by atoms with Gasteiger partial charge in [0.05, 0.1) is 12.5 Å². The summed E-state index contributed by atoms with van der Waals surface area (Å²) in [6, 6.07) is 13.2. The van der Waals surface area contributed by atoms with Crippen LogP contribution in [0.15, 0.2) is 46.9 Å². The smallest absolute Gasteiger partial charge is 0.243 e. The Morgan fingerprint density at radius 2 is 1.86 bits per heavy atom. The summed E-state index contributed by atoms with van der Waals surface area (Å²) in [7, 11) is 1.59. The van der Waals surface area contributed by atoms with E-state index in [1.165, 1.54) is 4.90 Å². The maximum Gasteiger partial charge on any atom is 0.243 e. The molecule has 7 heteroatoms. The molecule has 3 amide bonds. The molecule has 1 aliphatic heterocycles. The Labute approximate surface area is 179 Å². The van der Waals surface area contributed by atoms with Gasteiger partial charge in [0.2, 0.25) is 17.7 Å². The van der Waals surface area contributed by atoms with E-state index in [4.69, 9.17) is 0 Å². The van der Waals surface area contributed by atoms with Gasteiger partial charge in [-0.25, -0.2) is 0 Å². The molecule has 1 fully saturated rings. The zero-order valence-electron chi connectivity index (χ0n) is 16.7. The van der Waals surface area contributed by atoms with Crippen LogP contribution < -0.4 is 10.2 Å². The number of benzene rings is 2. The van der Waals surface area contributed by atoms with Gasteiger partial charge in [-0.3, -0.25) is 14.4 Å². The number of halogens is 1. The van der Waals surface area contributed by atoms with Crippen molar-refractivity contribution in [1.29, 1.82) is 0 Å². The van der Waals surface area contributed by atoms with E-state index in [-0.39, 0.29) is 30.7 Å². The topological polar surface area (TPSA) is 69.7 Å². The van der Waals surface area contributed by atoms with Crippen molar-refractivity contribution in [2.45, 2.75) is 20.3 Å². The van der Waals surface area contributed by atoms with Crippen LogP contribution in [0.2, 0.25) is 0 Å². The fourth-order valence-electron chi connectivity index (χ4n) is 3.41. The number of nitrogens with one attached hydrogen (secondary N) is 1. The largest absolute Gasteiger partial charge is 0.336 e. The lowest BCUT2D eigenvalue weighted by Crippen LogP contribution is -2.39. The summed E-state index contributed by atoms with van der Waals surface area (Å²) in [4.78, 5) is 40.6. The second kappa shape index (κ2) is 8.78. The first kappa shape index (κ1) is 21.0. The second-order valence-electron chi connectivity index (χ2n) is 7.44. The van der Waals surface area contributed by atoms with Crippen LogP contribution in [0, 0.1) is 19.8 Å². The molecule has 0 bridgehead atoms. The highest BCUT2D eigenvalue weighted by Crippen LogP contribution is 2.26. The maximum atomic E-state index is 12.8. The summed E-state index contributed by atoms with van der Waals surface area (Å²) in [5.74, 6) is -0.992. The molecule has 1 aliphatic rings. The van der Waals surface area contributed by atoms with Crippen LogP contribution in [0.4, 0.5) is 11.4 Å². The molecule has 6 nitrogen and oxygen atoms in total. The number of aryl methyl sites for hydroxylation is 2. The van der Waals surface area contributed by atoms with Gasteiger partial charge in [-0.2, -0.15) is 0 Å². The predicted molar refractivity (Wildman–Crippen MR) is 117 cm³/mol. The maximum absolute atomic E-state index is 12.8. The molecule has 0 aliphatic carbocycles. The number of rotatable bonds is 5. The predicted octanol–water partition coefficient (Wildman–Crippen LogP) is 3.52. The van der Waals surface area contributed by atoms with Crippen molar-refractivity contribution in [2.75, 3.05) is 30.4 Å². The summed E-state index contributed by atoms with van der Waals surface area (Å²) in [6.45, 7) is 4.15. The van der Waals surface area contributed by atoms with Gasteiger partial charge >= 0.3 is 0 Å². The van der Waals surface area contributed by atoms with Crippen molar-refractivity contribution in [2.24, 2.45) is 5.92 Å². The van der Waals surface area contributed by atoms with Gasteiger partial charge in [-0.15, -0.1) is 0 Å². The number of carbonyl (C=O) groups excluding carboxylic acids is 3. The first-order valence-electron chi connectivity index (χ1n) is 9.42. The molecule has 0 radical (unpaired) electrons. The van der Waals surface area contributed by atoms with Crippen LogP contribution in [-0.4, -0.2) is 42.8 Å². The Morgan fingerprint density at radius 1 is 1.17 bits per heavy atom. The Balaban J connectivity index is 1.59. The highest BCUT2D eigenvalue weighted by molar-refractivity contribution is 9.10. The molecule has 2 aromatic carbocycles. The third kappa shape index (κ3) is 5.03. The highest BCUT2D eigenvalue weighted by atomic mass is 79.9. The Kier molecular flexibility index (Phi) is 6.37. The quantitative estimate of drug-likeness (QED) is 0.746. The molecule has 0 aromatic heterocycles. The van der Waals surface area contributed by atoms with Crippen LogP contribution in [0.3, 0.4) is 0 Å². The Morgan fingerprint density at radius 3 is 2.52 bits per heavy atom. The lowest BCUT2D eigenvalue weighted by molar-refractivity contribution is -0.137. The lowest BCUT2D eigenvalue weighted by atomic mass is 10.1. The van der Waals surface area contributed by atoms with Crippen LogP contribution in [-0.2, 0) is 14.4 Å². The molecule has 0 spiro atoms. The summed E-state index contributed by atoms with van der Waals surface area (Å²) in [5.41, 5.74) is 3.54. The molecular formula is C22H24BrN3O3. The first-order valence-corrected chi connectivity index (χ1v) is 10.2. The van der Waals surface area contributed by atoms with Gasteiger partial charge in [-0.05, 0) is 49.7 Å². The summed E-state index contributed by atoms with van der Waals surface area (Å²) >= 11 is 3.39. The van der Waals surface area contributed by atoms with E-state index in [1.807, 2.05) is 56.3 Å². The van der Waals surface area contributed by atoms with Crippen LogP contribution in [0.25, 0.3) is 0 Å². The molecule has 1 atom stereocenters. The monoisotopic (exact) mass is 457 g/mol. The molecule has 3 rings (SSSR count). The molecule has 2 aromatic rings. The fourth-order valence-corrected chi connectivity index (χ4v) is 3.88. The average molecular weight is 458 g/mol. The van der Waals surface area contributed by atoms with Crippen molar-refractivity contribution in [3.8, 4) is 0 Å². The molecule has 1 heterocycles. The summed E-state index contributed by atoms with van der Waals surface area (Å²) in [6.07, 6.45) is 0.157. The molecule has 1 unspecified atom stereocenters. The summed E-state index contributed by atoms with van der Waals surface area (Å²) < 4.78 is 0.935. The van der Waals surface area contributed by atoms with Crippen LogP contribution >= 0.6 is 15.9 Å². The lowest BCUT2D eigenvalue weighted by Gasteiger charge is -2.21. The molecule has 152 valence electrons. The van der Waals surface area contributed by atoms with Gasteiger partial charge in [0.25, 0.3) is 0 Å². The summed E-state index contributed by atoms with van der Waals surface area (Å²) in [5, 5.41) is 2.83. The molecule has 29 heavy (non-hydrogen) atoms. The van der Waals surface area contributed by atoms with Crippen molar-refractivity contribution < 1.29 is 14.4 Å². The van der Waals surface area contributed by atoms with Gasteiger partial charge in [-0.1, -0.05) is 33.6 Å². The number of likely N-dealkylation sites (N-methyl/N-ethyl adjacent to an activating group) is 1. The fraction of sp³-hybridized carbons (Fsp3) is 0.318. The van der Waals surface area contributed by atoms with Gasteiger partial charge in [0.1, 0.15) is 0 Å². The SMILES string of the molecule is Cc1ccc(N2CC(C(=O)N(C)CC(=O)Nc3ccc(Br)cc3C)CC2=O)cc1. The van der Waals surface area contributed by atoms with Crippen molar-refractivity contribution in [1.82, 2.24) is 4.90 Å². The third-order valence-corrected chi connectivity index (χ3v) is 5.53. The van der Waals surface area contributed by atoms with E-state index in [0.29, 0.717) is 12.2 Å². The highest BCUT2D eigenvalue weighted by Gasteiger charge is 2.36. The zero-order valence-corrected chi connectivity index (χ0v) is 18.3. The van der Waals surface area contributed by atoms with E-state index in [1.54, 1.807) is 11.9 Å². The van der Waals surface area contributed by atoms with E-state index in [9.17, 15) is 14.4 Å². The van der Waals surface area contributed by atoms with Crippen molar-refractivity contribution >= 4 is 45.0 Å². The van der Waals surface area contributed by atoms with Crippen molar-refractivity contribution in [3.05, 3.63) is 58.1 Å². The van der Waals surface area contributed by atoms with Crippen LogP contribution in [0.1, 0.15) is 17.5 Å². The zero-order chi connectivity index (χ0) is 21.1. The number of hydrogen-bond donors (Lipinski definition) is 1. The first-order chi connectivity index (χ1) is 13.7. The van der Waals surface area contributed by atoms with Gasteiger partial charge in [0.15, 0.2) is 0 Å². The minimum Gasteiger partial charge on any atom is -0.336 e. The second-order valence-corrected chi connectivity index (χ2v) is 8.36. The number of hydrogen-bond acceptors (Lipinski definition) is 3. The standard InChI is InChI=1S/C22H24BrN3O3/c1-14-4-7-18(8-5-14)26-12-16(11-21(26)28)22(29)25(3)13-20(27)24-19-9-6-17(23)10-15(19)2/h4-10,16H,11-13H2,1-3H3,(H,24,27). The minimum absolute atomic E-state index is 0.0659. The van der Waals surface area contributed by atoms with Gasteiger partial charge in [0, 0.05) is 35.9 Å². The molecule has 1 N–H and O–H groups in total. The number of anilines is 2. The molecule has 1 saturated heterocycles. The number of amides is 3. The number of nitrogens with zero attached hydrogens (tertiary/aromatic N) is 2. The number of carbonyl (C=O) groups is 3. The van der Waals surface area contributed by atoms with E-state index in [0.717, 1.165) is 21.3 Å². The van der Waals surface area contributed by atoms with Crippen molar-refractivity contribution in [3.63, 3.8) is 0 Å².